The predicted octanol–water partition coefficient (Wildman–Crippen LogP) is 4.26. The lowest BCUT2D eigenvalue weighted by atomic mass is 9.99. The molecule has 5 heteroatoms. The zero-order valence-electron chi connectivity index (χ0n) is 9.92. The van der Waals surface area contributed by atoms with E-state index in [0.29, 0.717) is 10.0 Å². The second-order valence-corrected chi connectivity index (χ2v) is 5.05. The van der Waals surface area contributed by atoms with E-state index in [9.17, 15) is 18.3 Å². The van der Waals surface area contributed by atoms with Crippen molar-refractivity contribution >= 4 is 15.9 Å². The van der Waals surface area contributed by atoms with Gasteiger partial charge in [-0.25, -0.2) is 13.2 Å². The van der Waals surface area contributed by atoms with E-state index >= 15 is 0 Å². The molecule has 1 atom stereocenters. The molecule has 0 spiro atoms. The van der Waals surface area contributed by atoms with Gasteiger partial charge in [-0.1, -0.05) is 22.0 Å². The molecule has 0 aliphatic rings. The molecule has 0 saturated heterocycles. The Kier molecular flexibility index (Phi) is 3.96. The monoisotopic (exact) mass is 330 g/mol. The first-order valence-electron chi connectivity index (χ1n) is 5.48. The molecule has 0 aliphatic carbocycles. The van der Waals surface area contributed by atoms with Gasteiger partial charge >= 0.3 is 0 Å². The highest BCUT2D eigenvalue weighted by Crippen LogP contribution is 2.31. The Morgan fingerprint density at radius 1 is 1.00 bits per heavy atom. The molecular weight excluding hydrogens is 321 g/mol. The summed E-state index contributed by atoms with van der Waals surface area (Å²) in [5.74, 6) is -1.99. The zero-order valence-corrected chi connectivity index (χ0v) is 11.5. The average Bonchev–Trinajstić information content (AvgIpc) is 2.33. The summed E-state index contributed by atoms with van der Waals surface area (Å²) >= 11 is 3.11. The number of hydrogen-bond acceptors (Lipinski definition) is 1. The molecule has 0 aromatic heterocycles. The van der Waals surface area contributed by atoms with Crippen LogP contribution < -0.4 is 0 Å². The minimum atomic E-state index is -1.30. The molecule has 0 heterocycles. The largest absolute Gasteiger partial charge is 0.384 e. The minimum absolute atomic E-state index is 0.0498. The summed E-state index contributed by atoms with van der Waals surface area (Å²) < 4.78 is 40.2. The lowest BCUT2D eigenvalue weighted by Crippen LogP contribution is -2.05. The van der Waals surface area contributed by atoms with Gasteiger partial charge in [-0.2, -0.15) is 0 Å². The van der Waals surface area contributed by atoms with E-state index in [2.05, 4.69) is 15.9 Å². The minimum Gasteiger partial charge on any atom is -0.384 e. The molecule has 100 valence electrons. The summed E-state index contributed by atoms with van der Waals surface area (Å²) in [6, 6.07) is 5.66. The van der Waals surface area contributed by atoms with Crippen LogP contribution in [0.15, 0.2) is 34.8 Å². The fourth-order valence-corrected chi connectivity index (χ4v) is 2.35. The van der Waals surface area contributed by atoms with Gasteiger partial charge in [-0.15, -0.1) is 0 Å². The van der Waals surface area contributed by atoms with Crippen molar-refractivity contribution in [2.24, 2.45) is 0 Å². The van der Waals surface area contributed by atoms with E-state index in [0.717, 1.165) is 12.1 Å². The third-order valence-corrected chi connectivity index (χ3v) is 3.52. The lowest BCUT2D eigenvalue weighted by molar-refractivity contribution is 0.213. The fraction of sp³-hybridized carbons (Fsp3) is 0.143. The van der Waals surface area contributed by atoms with Gasteiger partial charge in [-0.05, 0) is 36.2 Å². The van der Waals surface area contributed by atoms with Crippen molar-refractivity contribution in [3.63, 3.8) is 0 Å². The number of hydrogen-bond donors (Lipinski definition) is 1. The van der Waals surface area contributed by atoms with Crippen LogP contribution >= 0.6 is 15.9 Å². The molecule has 0 saturated carbocycles. The molecule has 1 unspecified atom stereocenters. The van der Waals surface area contributed by atoms with Gasteiger partial charge in [0.15, 0.2) is 0 Å². The van der Waals surface area contributed by atoms with Crippen LogP contribution in [-0.2, 0) is 0 Å². The normalized spacial score (nSPS) is 12.5. The maximum Gasteiger partial charge on any atom is 0.132 e. The smallest absolute Gasteiger partial charge is 0.132 e. The van der Waals surface area contributed by atoms with Crippen LogP contribution in [0.3, 0.4) is 0 Å². The van der Waals surface area contributed by atoms with Crippen LogP contribution in [0.2, 0.25) is 0 Å². The second kappa shape index (κ2) is 5.35. The Balaban J connectivity index is 2.49. The molecule has 0 fully saturated rings. The van der Waals surface area contributed by atoms with E-state index in [1.54, 1.807) is 0 Å². The number of rotatable bonds is 2. The third kappa shape index (κ3) is 2.82. The fourth-order valence-electron chi connectivity index (χ4n) is 1.78. The van der Waals surface area contributed by atoms with E-state index in [4.69, 9.17) is 0 Å². The van der Waals surface area contributed by atoms with E-state index in [1.807, 2.05) is 0 Å². The molecule has 0 aliphatic heterocycles. The van der Waals surface area contributed by atoms with E-state index in [1.165, 1.54) is 25.1 Å². The molecule has 2 rings (SSSR count). The Morgan fingerprint density at radius 3 is 2.32 bits per heavy atom. The van der Waals surface area contributed by atoms with Crippen LogP contribution in [0.4, 0.5) is 13.2 Å². The quantitative estimate of drug-likeness (QED) is 0.872. The van der Waals surface area contributed by atoms with Crippen molar-refractivity contribution in [2.45, 2.75) is 13.0 Å². The topological polar surface area (TPSA) is 20.2 Å². The highest BCUT2D eigenvalue weighted by molar-refractivity contribution is 9.10. The van der Waals surface area contributed by atoms with Crippen molar-refractivity contribution in [3.05, 3.63) is 68.9 Å². The van der Waals surface area contributed by atoms with Crippen LogP contribution in [0.1, 0.15) is 22.8 Å². The van der Waals surface area contributed by atoms with Crippen molar-refractivity contribution in [2.75, 3.05) is 0 Å². The van der Waals surface area contributed by atoms with Crippen LogP contribution in [0.25, 0.3) is 0 Å². The van der Waals surface area contributed by atoms with Gasteiger partial charge in [0, 0.05) is 16.1 Å². The van der Waals surface area contributed by atoms with Crippen molar-refractivity contribution in [3.8, 4) is 0 Å². The van der Waals surface area contributed by atoms with Gasteiger partial charge in [0.25, 0.3) is 0 Å². The molecule has 0 radical (unpaired) electrons. The van der Waals surface area contributed by atoms with Crippen molar-refractivity contribution < 1.29 is 18.3 Å². The maximum absolute atomic E-state index is 13.7. The van der Waals surface area contributed by atoms with Gasteiger partial charge in [0.05, 0.1) is 0 Å². The van der Waals surface area contributed by atoms with Crippen LogP contribution in [0.5, 0.6) is 0 Å². The molecule has 1 N–H and O–H groups in total. The summed E-state index contributed by atoms with van der Waals surface area (Å²) in [5.41, 5.74) is 0.492. The summed E-state index contributed by atoms with van der Waals surface area (Å²) in [7, 11) is 0. The van der Waals surface area contributed by atoms with Crippen molar-refractivity contribution in [1.82, 2.24) is 0 Å². The molecule has 0 bridgehead atoms. The second-order valence-electron chi connectivity index (χ2n) is 4.19. The number of aliphatic hydroxyl groups is 1. The van der Waals surface area contributed by atoms with E-state index < -0.39 is 23.6 Å². The summed E-state index contributed by atoms with van der Waals surface area (Å²) in [4.78, 5) is 0. The van der Waals surface area contributed by atoms with Gasteiger partial charge < -0.3 is 5.11 Å². The molecule has 1 nitrogen and oxygen atoms in total. The molecular formula is C14H10BrF3O. The third-order valence-electron chi connectivity index (χ3n) is 2.83. The first-order valence-corrected chi connectivity index (χ1v) is 6.28. The number of aryl methyl sites for hydroxylation is 1. The zero-order chi connectivity index (χ0) is 14.2. The van der Waals surface area contributed by atoms with Crippen LogP contribution in [-0.4, -0.2) is 5.11 Å². The van der Waals surface area contributed by atoms with Crippen LogP contribution in [0, 0.1) is 24.4 Å². The van der Waals surface area contributed by atoms with E-state index in [-0.39, 0.29) is 11.1 Å². The Hall–Kier alpha value is -1.33. The lowest BCUT2D eigenvalue weighted by Gasteiger charge is -2.15. The maximum atomic E-state index is 13.7. The Morgan fingerprint density at radius 2 is 1.68 bits per heavy atom. The highest BCUT2D eigenvalue weighted by atomic mass is 79.9. The molecule has 2 aromatic carbocycles. The summed E-state index contributed by atoms with van der Waals surface area (Å²) in [6.45, 7) is 1.48. The average molecular weight is 331 g/mol. The summed E-state index contributed by atoms with van der Waals surface area (Å²) in [6.07, 6.45) is -1.30. The number of halogens is 4. The standard InChI is InChI=1S/C14H10BrF3O/c1-7-4-10(13(18)6-12(7)17)14(19)9-3-2-8(16)5-11(9)15/h2-6,14,19H,1H3. The number of benzene rings is 2. The molecule has 19 heavy (non-hydrogen) atoms. The van der Waals surface area contributed by atoms with Crippen molar-refractivity contribution in [1.29, 1.82) is 0 Å². The number of aliphatic hydroxyl groups excluding tert-OH is 1. The van der Waals surface area contributed by atoms with Gasteiger partial charge in [0.2, 0.25) is 0 Å². The molecule has 0 amide bonds. The SMILES string of the molecule is Cc1cc(C(O)c2ccc(F)cc2Br)c(F)cc1F. The molecule has 2 aromatic rings. The Labute approximate surface area is 116 Å². The first-order chi connectivity index (χ1) is 8.90. The first kappa shape index (κ1) is 14.1. The van der Waals surface area contributed by atoms with Gasteiger partial charge in [-0.3, -0.25) is 0 Å². The highest BCUT2D eigenvalue weighted by Gasteiger charge is 2.19. The summed E-state index contributed by atoms with van der Waals surface area (Å²) in [5, 5.41) is 10.1. The Bertz CT molecular complexity index is 628. The van der Waals surface area contributed by atoms with Gasteiger partial charge in [0.1, 0.15) is 23.6 Å². The predicted molar refractivity (Wildman–Crippen MR) is 69.3 cm³/mol.